The topological polar surface area (TPSA) is 84.2 Å². The van der Waals surface area contributed by atoms with Crippen molar-refractivity contribution in [3.63, 3.8) is 0 Å². The molecule has 1 aliphatic rings. The van der Waals surface area contributed by atoms with E-state index in [1.165, 1.54) is 0 Å². The van der Waals surface area contributed by atoms with Gasteiger partial charge in [-0.05, 0) is 31.4 Å². The van der Waals surface area contributed by atoms with Gasteiger partial charge in [0.05, 0.1) is 0 Å². The van der Waals surface area contributed by atoms with Crippen molar-refractivity contribution < 1.29 is 9.32 Å². The van der Waals surface area contributed by atoms with Crippen LogP contribution in [0.4, 0.5) is 4.79 Å². The predicted molar refractivity (Wildman–Crippen MR) is 80.0 cm³/mol. The molecule has 1 N–H and O–H groups in total. The van der Waals surface area contributed by atoms with Crippen molar-refractivity contribution in [1.29, 1.82) is 0 Å². The SMILES string of the molecule is CCNC(=O)N1CCC(Cc2noc(-c3ccncc3)n2)C1. The summed E-state index contributed by atoms with van der Waals surface area (Å²) in [5.74, 6) is 1.58. The van der Waals surface area contributed by atoms with E-state index in [-0.39, 0.29) is 6.03 Å². The van der Waals surface area contributed by atoms with Crippen LogP contribution in [0, 0.1) is 5.92 Å². The van der Waals surface area contributed by atoms with Gasteiger partial charge in [-0.3, -0.25) is 4.98 Å². The fourth-order valence-corrected chi connectivity index (χ4v) is 2.65. The van der Waals surface area contributed by atoms with E-state index in [9.17, 15) is 4.79 Å². The first-order chi connectivity index (χ1) is 10.8. The molecule has 0 spiro atoms. The Morgan fingerprint density at radius 1 is 1.45 bits per heavy atom. The summed E-state index contributed by atoms with van der Waals surface area (Å²) in [7, 11) is 0. The van der Waals surface area contributed by atoms with Crippen molar-refractivity contribution in [2.24, 2.45) is 5.92 Å². The Hall–Kier alpha value is -2.44. The van der Waals surface area contributed by atoms with Gasteiger partial charge in [-0.25, -0.2) is 4.79 Å². The molecule has 2 aromatic heterocycles. The third-order valence-electron chi connectivity index (χ3n) is 3.77. The number of pyridine rings is 1. The molecule has 1 atom stereocenters. The van der Waals surface area contributed by atoms with Gasteiger partial charge in [0.15, 0.2) is 5.82 Å². The Kier molecular flexibility index (Phi) is 4.32. The maximum absolute atomic E-state index is 11.8. The van der Waals surface area contributed by atoms with E-state index in [1.807, 2.05) is 24.0 Å². The smallest absolute Gasteiger partial charge is 0.317 e. The van der Waals surface area contributed by atoms with Gasteiger partial charge >= 0.3 is 6.03 Å². The third-order valence-corrected chi connectivity index (χ3v) is 3.77. The van der Waals surface area contributed by atoms with Gasteiger partial charge in [0.1, 0.15) is 0 Å². The first-order valence-electron chi connectivity index (χ1n) is 7.52. The minimum Gasteiger partial charge on any atom is -0.338 e. The number of likely N-dealkylation sites (tertiary alicyclic amines) is 1. The molecule has 1 saturated heterocycles. The molecule has 3 heterocycles. The molecule has 7 heteroatoms. The summed E-state index contributed by atoms with van der Waals surface area (Å²) >= 11 is 0. The van der Waals surface area contributed by atoms with E-state index in [0.717, 1.165) is 31.5 Å². The maximum atomic E-state index is 11.8. The quantitative estimate of drug-likeness (QED) is 0.929. The number of carbonyl (C=O) groups is 1. The van der Waals surface area contributed by atoms with Crippen molar-refractivity contribution >= 4 is 6.03 Å². The van der Waals surface area contributed by atoms with Crippen LogP contribution in [0.25, 0.3) is 11.5 Å². The lowest BCUT2D eigenvalue weighted by Gasteiger charge is -2.16. The number of aromatic nitrogens is 3. The lowest BCUT2D eigenvalue weighted by Crippen LogP contribution is -2.38. The van der Waals surface area contributed by atoms with Gasteiger partial charge in [-0.1, -0.05) is 5.16 Å². The summed E-state index contributed by atoms with van der Waals surface area (Å²) in [6, 6.07) is 3.68. The molecule has 1 unspecified atom stereocenters. The number of nitrogens with one attached hydrogen (secondary N) is 1. The highest BCUT2D eigenvalue weighted by Gasteiger charge is 2.27. The van der Waals surface area contributed by atoms with Crippen molar-refractivity contribution in [1.82, 2.24) is 25.3 Å². The number of carbonyl (C=O) groups excluding carboxylic acids is 1. The Bertz CT molecular complexity index is 628. The molecule has 2 amide bonds. The van der Waals surface area contributed by atoms with Crippen LogP contribution in [0.1, 0.15) is 19.2 Å². The minimum atomic E-state index is 0.00980. The number of nitrogens with zero attached hydrogens (tertiary/aromatic N) is 4. The molecule has 7 nitrogen and oxygen atoms in total. The van der Waals surface area contributed by atoms with Crippen LogP contribution in [-0.2, 0) is 6.42 Å². The number of amides is 2. The summed E-state index contributed by atoms with van der Waals surface area (Å²) in [5.41, 5.74) is 0.865. The van der Waals surface area contributed by atoms with Crippen LogP contribution < -0.4 is 5.32 Å². The fourth-order valence-electron chi connectivity index (χ4n) is 2.65. The molecule has 1 aliphatic heterocycles. The van der Waals surface area contributed by atoms with E-state index in [0.29, 0.717) is 24.2 Å². The zero-order valence-corrected chi connectivity index (χ0v) is 12.5. The van der Waals surface area contributed by atoms with Crippen molar-refractivity contribution in [3.8, 4) is 11.5 Å². The molecule has 0 bridgehead atoms. The van der Waals surface area contributed by atoms with Crippen LogP contribution >= 0.6 is 0 Å². The lowest BCUT2D eigenvalue weighted by molar-refractivity contribution is 0.207. The van der Waals surface area contributed by atoms with Crippen LogP contribution in [0.2, 0.25) is 0 Å². The molecule has 3 rings (SSSR count). The van der Waals surface area contributed by atoms with Gasteiger partial charge in [-0.15, -0.1) is 0 Å². The first kappa shape index (κ1) is 14.5. The number of hydrogen-bond donors (Lipinski definition) is 1. The average Bonchev–Trinajstić information content (AvgIpc) is 3.18. The van der Waals surface area contributed by atoms with E-state index in [1.54, 1.807) is 12.4 Å². The Labute approximate surface area is 128 Å². The zero-order valence-electron chi connectivity index (χ0n) is 12.5. The average molecular weight is 301 g/mol. The standard InChI is InChI=1S/C15H19N5O2/c1-2-17-15(21)20-8-5-11(10-20)9-13-18-14(22-19-13)12-3-6-16-7-4-12/h3-4,6-7,11H,2,5,8-10H2,1H3,(H,17,21). The van der Waals surface area contributed by atoms with Gasteiger partial charge < -0.3 is 14.7 Å². The minimum absolute atomic E-state index is 0.00980. The number of rotatable bonds is 4. The first-order valence-corrected chi connectivity index (χ1v) is 7.52. The second-order valence-corrected chi connectivity index (χ2v) is 5.39. The third kappa shape index (κ3) is 3.24. The fraction of sp³-hybridized carbons (Fsp3) is 0.467. The molecule has 22 heavy (non-hydrogen) atoms. The van der Waals surface area contributed by atoms with Gasteiger partial charge in [0, 0.05) is 44.0 Å². The van der Waals surface area contributed by atoms with Gasteiger partial charge in [-0.2, -0.15) is 4.98 Å². The molecule has 2 aromatic rings. The van der Waals surface area contributed by atoms with Crippen LogP contribution in [0.3, 0.4) is 0 Å². The van der Waals surface area contributed by atoms with E-state index >= 15 is 0 Å². The largest absolute Gasteiger partial charge is 0.338 e. The molecule has 0 aromatic carbocycles. The molecular formula is C15H19N5O2. The van der Waals surface area contributed by atoms with E-state index in [2.05, 4.69) is 20.4 Å². The van der Waals surface area contributed by atoms with Crippen LogP contribution in [0.5, 0.6) is 0 Å². The van der Waals surface area contributed by atoms with Crippen molar-refractivity contribution in [3.05, 3.63) is 30.4 Å². The van der Waals surface area contributed by atoms with Crippen molar-refractivity contribution in [2.45, 2.75) is 19.8 Å². The summed E-state index contributed by atoms with van der Waals surface area (Å²) in [6.45, 7) is 4.10. The highest BCUT2D eigenvalue weighted by molar-refractivity contribution is 5.74. The second kappa shape index (κ2) is 6.55. The Morgan fingerprint density at radius 2 is 2.27 bits per heavy atom. The Morgan fingerprint density at radius 3 is 3.05 bits per heavy atom. The van der Waals surface area contributed by atoms with Crippen LogP contribution in [0.15, 0.2) is 29.0 Å². The summed E-state index contributed by atoms with van der Waals surface area (Å²) in [4.78, 5) is 22.0. The molecular weight excluding hydrogens is 282 g/mol. The highest BCUT2D eigenvalue weighted by atomic mass is 16.5. The van der Waals surface area contributed by atoms with Crippen LogP contribution in [-0.4, -0.2) is 45.7 Å². The lowest BCUT2D eigenvalue weighted by atomic mass is 10.1. The molecule has 0 aliphatic carbocycles. The molecule has 0 saturated carbocycles. The Balaban J connectivity index is 1.59. The van der Waals surface area contributed by atoms with Gasteiger partial charge in [0.2, 0.25) is 0 Å². The summed E-state index contributed by atoms with van der Waals surface area (Å²) in [6.07, 6.45) is 5.08. The van der Waals surface area contributed by atoms with Gasteiger partial charge in [0.25, 0.3) is 5.89 Å². The predicted octanol–water partition coefficient (Wildman–Crippen LogP) is 1.73. The normalized spacial score (nSPS) is 17.7. The number of urea groups is 1. The molecule has 116 valence electrons. The second-order valence-electron chi connectivity index (χ2n) is 5.39. The zero-order chi connectivity index (χ0) is 15.4. The molecule has 1 fully saturated rings. The maximum Gasteiger partial charge on any atom is 0.317 e. The van der Waals surface area contributed by atoms with Crippen molar-refractivity contribution in [2.75, 3.05) is 19.6 Å². The summed E-state index contributed by atoms with van der Waals surface area (Å²) in [5, 5.41) is 6.87. The summed E-state index contributed by atoms with van der Waals surface area (Å²) < 4.78 is 5.29. The van der Waals surface area contributed by atoms with E-state index in [4.69, 9.17) is 4.52 Å². The molecule has 0 radical (unpaired) electrons. The van der Waals surface area contributed by atoms with E-state index < -0.39 is 0 Å². The highest BCUT2D eigenvalue weighted by Crippen LogP contribution is 2.21. The monoisotopic (exact) mass is 301 g/mol. The number of hydrogen-bond acceptors (Lipinski definition) is 5.